The van der Waals surface area contributed by atoms with Gasteiger partial charge in [-0.3, -0.25) is 14.3 Å². The first kappa shape index (κ1) is 20.9. The van der Waals surface area contributed by atoms with E-state index in [0.29, 0.717) is 19.5 Å². The van der Waals surface area contributed by atoms with E-state index in [4.69, 9.17) is 4.74 Å². The molecule has 2 aromatic heterocycles. The third-order valence-electron chi connectivity index (χ3n) is 5.76. The van der Waals surface area contributed by atoms with Crippen LogP contribution in [0.4, 0.5) is 0 Å². The fraction of sp³-hybridized carbons (Fsp3) is 0.455. The van der Waals surface area contributed by atoms with E-state index in [1.165, 1.54) is 0 Å². The zero-order chi connectivity index (χ0) is 21.6. The van der Waals surface area contributed by atoms with Crippen LogP contribution >= 0.6 is 0 Å². The highest BCUT2D eigenvalue weighted by atomic mass is 16.5. The maximum absolute atomic E-state index is 12.6. The Balaban J connectivity index is 1.19. The number of nitrogens with zero attached hydrogens (tertiary/aromatic N) is 3. The van der Waals surface area contributed by atoms with Crippen molar-refractivity contribution in [3.63, 3.8) is 0 Å². The minimum atomic E-state index is -0.0262. The van der Waals surface area contributed by atoms with Crippen LogP contribution in [0.25, 0.3) is 11.0 Å². The number of ether oxygens (including phenoxy) is 1. The summed E-state index contributed by atoms with van der Waals surface area (Å²) in [5.74, 6) is 1.53. The fourth-order valence-corrected chi connectivity index (χ4v) is 4.02. The van der Waals surface area contributed by atoms with Gasteiger partial charge in [-0.2, -0.15) is 5.10 Å². The van der Waals surface area contributed by atoms with Gasteiger partial charge < -0.3 is 20.4 Å². The Morgan fingerprint density at radius 1 is 1.26 bits per heavy atom. The van der Waals surface area contributed by atoms with Crippen LogP contribution in [0.5, 0.6) is 5.75 Å². The SMILES string of the molecule is COc1ccc2nc(CNC(=O)C3CCC(NC(=O)CCn4cccn4)CC3)[nH]c2c1. The first-order valence-electron chi connectivity index (χ1n) is 10.7. The molecule has 3 N–H and O–H groups in total. The lowest BCUT2D eigenvalue weighted by molar-refractivity contribution is -0.126. The highest BCUT2D eigenvalue weighted by Gasteiger charge is 2.27. The van der Waals surface area contributed by atoms with Crippen LogP contribution in [0.15, 0.2) is 36.7 Å². The van der Waals surface area contributed by atoms with E-state index in [2.05, 4.69) is 25.7 Å². The number of imidazole rings is 1. The third kappa shape index (κ3) is 5.42. The van der Waals surface area contributed by atoms with E-state index in [9.17, 15) is 9.59 Å². The molecule has 4 rings (SSSR count). The minimum absolute atomic E-state index is 0.0262. The molecule has 0 aliphatic heterocycles. The number of carbonyl (C=O) groups is 2. The molecule has 2 heterocycles. The van der Waals surface area contributed by atoms with Gasteiger partial charge in [0.25, 0.3) is 0 Å². The summed E-state index contributed by atoms with van der Waals surface area (Å²) in [6, 6.07) is 7.62. The molecule has 0 saturated heterocycles. The number of hydrogen-bond donors (Lipinski definition) is 3. The summed E-state index contributed by atoms with van der Waals surface area (Å²) in [5.41, 5.74) is 1.72. The summed E-state index contributed by atoms with van der Waals surface area (Å²) < 4.78 is 6.97. The number of amides is 2. The maximum Gasteiger partial charge on any atom is 0.223 e. The van der Waals surface area contributed by atoms with E-state index in [0.717, 1.165) is 48.3 Å². The first-order chi connectivity index (χ1) is 15.1. The molecule has 0 radical (unpaired) electrons. The number of rotatable bonds is 8. The largest absolute Gasteiger partial charge is 0.497 e. The van der Waals surface area contributed by atoms with Crippen molar-refractivity contribution in [2.75, 3.05) is 7.11 Å². The molecule has 0 spiro atoms. The van der Waals surface area contributed by atoms with Gasteiger partial charge in [0.05, 0.1) is 24.7 Å². The lowest BCUT2D eigenvalue weighted by Crippen LogP contribution is -2.41. The predicted molar refractivity (Wildman–Crippen MR) is 115 cm³/mol. The number of hydrogen-bond acceptors (Lipinski definition) is 5. The van der Waals surface area contributed by atoms with E-state index in [-0.39, 0.29) is 23.8 Å². The Morgan fingerprint density at radius 3 is 2.84 bits per heavy atom. The lowest BCUT2D eigenvalue weighted by atomic mass is 9.85. The highest BCUT2D eigenvalue weighted by molar-refractivity contribution is 5.80. The molecule has 1 saturated carbocycles. The van der Waals surface area contributed by atoms with E-state index in [1.54, 1.807) is 18.0 Å². The molecule has 2 amide bonds. The minimum Gasteiger partial charge on any atom is -0.497 e. The van der Waals surface area contributed by atoms with Gasteiger partial charge in [0, 0.05) is 43.4 Å². The lowest BCUT2D eigenvalue weighted by Gasteiger charge is -2.28. The zero-order valence-electron chi connectivity index (χ0n) is 17.6. The average Bonchev–Trinajstić information content (AvgIpc) is 3.45. The van der Waals surface area contributed by atoms with Crippen molar-refractivity contribution in [2.24, 2.45) is 5.92 Å². The van der Waals surface area contributed by atoms with Crippen molar-refractivity contribution in [1.29, 1.82) is 0 Å². The highest BCUT2D eigenvalue weighted by Crippen LogP contribution is 2.25. The van der Waals surface area contributed by atoms with Gasteiger partial charge in [0.2, 0.25) is 11.8 Å². The van der Waals surface area contributed by atoms with Crippen molar-refractivity contribution in [2.45, 2.75) is 51.2 Å². The molecule has 164 valence electrons. The molecule has 0 bridgehead atoms. The Kier molecular flexibility index (Phi) is 6.49. The summed E-state index contributed by atoms with van der Waals surface area (Å²) in [5, 5.41) is 10.2. The van der Waals surface area contributed by atoms with Gasteiger partial charge >= 0.3 is 0 Å². The van der Waals surface area contributed by atoms with Crippen LogP contribution in [-0.2, 0) is 22.7 Å². The maximum atomic E-state index is 12.6. The number of H-pyrrole nitrogens is 1. The summed E-state index contributed by atoms with van der Waals surface area (Å²) in [7, 11) is 1.63. The van der Waals surface area contributed by atoms with Crippen LogP contribution < -0.4 is 15.4 Å². The number of aryl methyl sites for hydroxylation is 1. The number of aromatic nitrogens is 4. The van der Waals surface area contributed by atoms with Gasteiger partial charge in [0.1, 0.15) is 11.6 Å². The van der Waals surface area contributed by atoms with Crippen LogP contribution in [0, 0.1) is 5.92 Å². The molecule has 1 fully saturated rings. The Hall–Kier alpha value is -3.36. The Labute approximate surface area is 180 Å². The number of nitrogens with one attached hydrogen (secondary N) is 3. The van der Waals surface area contributed by atoms with E-state index >= 15 is 0 Å². The number of benzene rings is 1. The molecule has 1 aromatic carbocycles. The quantitative estimate of drug-likeness (QED) is 0.513. The first-order valence-corrected chi connectivity index (χ1v) is 10.7. The fourth-order valence-electron chi connectivity index (χ4n) is 4.02. The third-order valence-corrected chi connectivity index (χ3v) is 5.76. The normalized spacial score (nSPS) is 18.6. The second-order valence-corrected chi connectivity index (χ2v) is 7.92. The number of methoxy groups -OCH3 is 1. The van der Waals surface area contributed by atoms with Gasteiger partial charge in [-0.05, 0) is 43.9 Å². The molecular formula is C22H28N6O3. The smallest absolute Gasteiger partial charge is 0.223 e. The molecule has 0 atom stereocenters. The summed E-state index contributed by atoms with van der Waals surface area (Å²) in [6.07, 6.45) is 7.13. The van der Waals surface area contributed by atoms with Crippen molar-refractivity contribution in [3.05, 3.63) is 42.5 Å². The molecule has 31 heavy (non-hydrogen) atoms. The van der Waals surface area contributed by atoms with Gasteiger partial charge in [-0.15, -0.1) is 0 Å². The predicted octanol–water partition coefficient (Wildman–Crippen LogP) is 2.15. The second-order valence-electron chi connectivity index (χ2n) is 7.92. The van der Waals surface area contributed by atoms with E-state index < -0.39 is 0 Å². The number of carbonyl (C=O) groups excluding carboxylic acids is 2. The Morgan fingerprint density at radius 2 is 2.10 bits per heavy atom. The summed E-state index contributed by atoms with van der Waals surface area (Å²) in [6.45, 7) is 0.936. The monoisotopic (exact) mass is 424 g/mol. The average molecular weight is 425 g/mol. The Bertz CT molecular complexity index is 1020. The van der Waals surface area contributed by atoms with Crippen LogP contribution in [0.3, 0.4) is 0 Å². The molecule has 0 unspecified atom stereocenters. The standard InChI is InChI=1S/C22H28N6O3/c1-31-17-7-8-18-19(13-17)27-20(26-18)14-23-22(30)15-3-5-16(6-4-15)25-21(29)9-12-28-11-2-10-24-28/h2,7-8,10-11,13,15-16H,3-6,9,12,14H2,1H3,(H,23,30)(H,25,29)(H,26,27). The summed E-state index contributed by atoms with van der Waals surface area (Å²) >= 11 is 0. The molecule has 1 aliphatic carbocycles. The molecule has 9 nitrogen and oxygen atoms in total. The number of fused-ring (bicyclic) bond motifs is 1. The van der Waals surface area contributed by atoms with Crippen LogP contribution in [0.1, 0.15) is 37.9 Å². The molecule has 3 aromatic rings. The second kappa shape index (κ2) is 9.63. The van der Waals surface area contributed by atoms with Crippen LogP contribution in [0.2, 0.25) is 0 Å². The van der Waals surface area contributed by atoms with Gasteiger partial charge in [-0.25, -0.2) is 4.98 Å². The topological polar surface area (TPSA) is 114 Å². The number of aromatic amines is 1. The van der Waals surface area contributed by atoms with Gasteiger partial charge in [0.15, 0.2) is 0 Å². The zero-order valence-corrected chi connectivity index (χ0v) is 17.6. The van der Waals surface area contributed by atoms with Crippen molar-refractivity contribution < 1.29 is 14.3 Å². The van der Waals surface area contributed by atoms with E-state index in [1.807, 2.05) is 30.5 Å². The van der Waals surface area contributed by atoms with Crippen LogP contribution in [-0.4, -0.2) is 44.7 Å². The molecular weight excluding hydrogens is 396 g/mol. The van der Waals surface area contributed by atoms with Crippen molar-refractivity contribution in [3.8, 4) is 5.75 Å². The van der Waals surface area contributed by atoms with Gasteiger partial charge in [-0.1, -0.05) is 0 Å². The molecule has 9 heteroatoms. The van der Waals surface area contributed by atoms with Crippen molar-refractivity contribution >= 4 is 22.8 Å². The summed E-state index contributed by atoms with van der Waals surface area (Å²) in [4.78, 5) is 32.5. The molecule has 1 aliphatic rings. The van der Waals surface area contributed by atoms with Crippen molar-refractivity contribution in [1.82, 2.24) is 30.4 Å².